The number of halogens is 7. The molecule has 0 aliphatic carbocycles. The first-order valence-electron chi connectivity index (χ1n) is 14.9. The summed E-state index contributed by atoms with van der Waals surface area (Å²) in [5, 5.41) is 19.9. The smallest absolute Gasteiger partial charge is 0.339 e. The Morgan fingerprint density at radius 3 is 2.35 bits per heavy atom. The highest BCUT2D eigenvalue weighted by Crippen LogP contribution is 2.30. The SMILES string of the molecule is O=C(C(=O)C(F)(F)F)C(F)(F)F.O=C(C[C@@H]1CCN(C(=O)c2cn[nH]n2)C1)Nc1ccc2cc1CCc1cncc(c1)Nc1ncc(Cl)c(n1)N2. The lowest BCUT2D eigenvalue weighted by Gasteiger charge is -2.16. The second-order valence-corrected chi connectivity index (χ2v) is 11.7. The summed E-state index contributed by atoms with van der Waals surface area (Å²) in [6.07, 6.45) is -2.59. The van der Waals surface area contributed by atoms with Gasteiger partial charge in [0.2, 0.25) is 11.9 Å². The van der Waals surface area contributed by atoms with Crippen LogP contribution in [0.25, 0.3) is 0 Å². The molecule has 14 nitrogen and oxygen atoms in total. The number of hydrogen-bond donors (Lipinski definition) is 4. The number of rotatable bonds is 5. The molecule has 21 heteroatoms. The number of alkyl halides is 6. The Morgan fingerprint density at radius 1 is 0.922 bits per heavy atom. The van der Waals surface area contributed by atoms with Gasteiger partial charge in [-0.2, -0.15) is 46.7 Å². The van der Waals surface area contributed by atoms with E-state index in [2.05, 4.69) is 46.3 Å². The van der Waals surface area contributed by atoms with Crippen LogP contribution in [0.3, 0.4) is 0 Å². The van der Waals surface area contributed by atoms with Crippen LogP contribution in [0, 0.1) is 5.92 Å². The van der Waals surface area contributed by atoms with Gasteiger partial charge in [0.15, 0.2) is 11.5 Å². The number of aromatic amines is 1. The third kappa shape index (κ3) is 9.53. The van der Waals surface area contributed by atoms with Gasteiger partial charge in [0.1, 0.15) is 5.02 Å². The van der Waals surface area contributed by atoms with Gasteiger partial charge in [0, 0.05) is 37.1 Å². The number of likely N-dealkylation sites (tertiary alicyclic amines) is 1. The molecule has 51 heavy (non-hydrogen) atoms. The second kappa shape index (κ2) is 15.1. The first-order valence-corrected chi connectivity index (χ1v) is 15.3. The second-order valence-electron chi connectivity index (χ2n) is 11.3. The molecule has 1 aromatic carbocycles. The Kier molecular flexibility index (Phi) is 10.8. The van der Waals surface area contributed by atoms with Crippen molar-refractivity contribution in [2.24, 2.45) is 5.92 Å². The Hall–Kier alpha value is -5.66. The number of carbonyl (C=O) groups excluding carboxylic acids is 4. The van der Waals surface area contributed by atoms with E-state index in [1.165, 1.54) is 12.4 Å². The number of aromatic nitrogens is 6. The summed E-state index contributed by atoms with van der Waals surface area (Å²) in [5.74, 6) is -6.14. The van der Waals surface area contributed by atoms with Crippen molar-refractivity contribution >= 4 is 63.8 Å². The van der Waals surface area contributed by atoms with Crippen molar-refractivity contribution < 1.29 is 45.5 Å². The number of anilines is 5. The summed E-state index contributed by atoms with van der Waals surface area (Å²) >= 11 is 6.36. The van der Waals surface area contributed by atoms with Crippen LogP contribution in [-0.2, 0) is 27.2 Å². The number of Topliss-reactive ketones (excluding diaryl/α,β-unsaturated/α-hetero) is 2. The summed E-state index contributed by atoms with van der Waals surface area (Å²) in [5.41, 5.74) is 4.58. The minimum absolute atomic E-state index is 0.0715. The fraction of sp³-hybridized carbons (Fsp3) is 0.300. The van der Waals surface area contributed by atoms with Crippen LogP contribution in [-0.4, -0.2) is 84.1 Å². The number of ketones is 2. The molecule has 4 aromatic rings. The number of H-pyrrole nitrogens is 1. The molecule has 5 heterocycles. The zero-order valence-electron chi connectivity index (χ0n) is 25.9. The van der Waals surface area contributed by atoms with E-state index in [4.69, 9.17) is 11.6 Å². The molecule has 2 aliphatic heterocycles. The zero-order valence-corrected chi connectivity index (χ0v) is 26.7. The van der Waals surface area contributed by atoms with E-state index in [1.54, 1.807) is 11.1 Å². The summed E-state index contributed by atoms with van der Waals surface area (Å²) < 4.78 is 67.0. The van der Waals surface area contributed by atoms with Crippen LogP contribution in [0.1, 0.15) is 34.5 Å². The topological polar surface area (TPSA) is 188 Å². The zero-order chi connectivity index (χ0) is 36.9. The Balaban J connectivity index is 0.000000362. The maximum absolute atomic E-state index is 13.1. The number of fused-ring (bicyclic) bond motifs is 6. The minimum atomic E-state index is -5.77. The van der Waals surface area contributed by atoms with Crippen molar-refractivity contribution in [1.82, 2.24) is 35.3 Å². The van der Waals surface area contributed by atoms with Crippen LogP contribution in [0.15, 0.2) is 49.1 Å². The van der Waals surface area contributed by atoms with E-state index >= 15 is 0 Å². The van der Waals surface area contributed by atoms with Gasteiger partial charge in [-0.25, -0.2) is 4.98 Å². The average Bonchev–Trinajstić information content (AvgIpc) is 3.78. The van der Waals surface area contributed by atoms with Crippen molar-refractivity contribution in [1.29, 1.82) is 0 Å². The average molecular weight is 739 g/mol. The van der Waals surface area contributed by atoms with Gasteiger partial charge in [-0.1, -0.05) is 11.6 Å². The molecule has 0 unspecified atom stereocenters. The van der Waals surface area contributed by atoms with E-state index < -0.39 is 23.9 Å². The quantitative estimate of drug-likeness (QED) is 0.160. The minimum Gasteiger partial charge on any atom is -0.339 e. The van der Waals surface area contributed by atoms with Gasteiger partial charge in [-0.15, -0.1) is 0 Å². The molecule has 0 radical (unpaired) electrons. The number of pyridine rings is 1. The number of nitrogens with zero attached hydrogens (tertiary/aromatic N) is 6. The molecule has 0 saturated carbocycles. The predicted octanol–water partition coefficient (Wildman–Crippen LogP) is 4.97. The third-order valence-electron chi connectivity index (χ3n) is 7.52. The Bertz CT molecular complexity index is 1920. The number of hydrogen-bond acceptors (Lipinski definition) is 11. The molecule has 2 amide bonds. The number of amides is 2. The normalized spacial score (nSPS) is 15.4. The van der Waals surface area contributed by atoms with E-state index in [-0.39, 0.29) is 23.4 Å². The van der Waals surface area contributed by atoms with Crippen molar-refractivity contribution in [3.8, 4) is 0 Å². The van der Waals surface area contributed by atoms with Gasteiger partial charge in [-0.3, -0.25) is 24.2 Å². The van der Waals surface area contributed by atoms with Crippen LogP contribution in [0.4, 0.5) is 55.2 Å². The Morgan fingerprint density at radius 2 is 1.67 bits per heavy atom. The van der Waals surface area contributed by atoms with Crippen LogP contribution in [0.2, 0.25) is 5.02 Å². The fourth-order valence-corrected chi connectivity index (χ4v) is 5.26. The molecule has 3 aromatic heterocycles. The van der Waals surface area contributed by atoms with Crippen molar-refractivity contribution in [2.45, 2.75) is 38.0 Å². The summed E-state index contributed by atoms with van der Waals surface area (Å²) in [6, 6.07) is 7.75. The maximum atomic E-state index is 13.1. The molecule has 4 N–H and O–H groups in total. The van der Waals surface area contributed by atoms with E-state index in [0.29, 0.717) is 42.7 Å². The highest BCUT2D eigenvalue weighted by Gasteiger charge is 2.54. The number of nitrogens with one attached hydrogen (secondary N) is 4. The molecule has 2 aliphatic rings. The van der Waals surface area contributed by atoms with Crippen LogP contribution < -0.4 is 16.0 Å². The van der Waals surface area contributed by atoms with E-state index in [1.807, 2.05) is 30.5 Å². The molecular formula is C30H25ClF6N10O4. The number of aryl methyl sites for hydroxylation is 2. The molecule has 1 fully saturated rings. The molecule has 6 bridgehead atoms. The highest BCUT2D eigenvalue weighted by molar-refractivity contribution is 6.41. The first-order chi connectivity index (χ1) is 24.1. The van der Waals surface area contributed by atoms with Gasteiger partial charge in [-0.05, 0) is 60.6 Å². The van der Waals surface area contributed by atoms with E-state index in [0.717, 1.165) is 41.0 Å². The van der Waals surface area contributed by atoms with Gasteiger partial charge < -0.3 is 20.9 Å². The molecule has 268 valence electrons. The van der Waals surface area contributed by atoms with Crippen LogP contribution in [0.5, 0.6) is 0 Å². The lowest BCUT2D eigenvalue weighted by Crippen LogP contribution is -2.39. The van der Waals surface area contributed by atoms with Gasteiger partial charge in [0.25, 0.3) is 5.91 Å². The van der Waals surface area contributed by atoms with Gasteiger partial charge in [0.05, 0.1) is 24.3 Å². The number of carbonyl (C=O) groups is 4. The monoisotopic (exact) mass is 738 g/mol. The molecule has 0 spiro atoms. The van der Waals surface area contributed by atoms with Gasteiger partial charge >= 0.3 is 23.9 Å². The van der Waals surface area contributed by atoms with Crippen molar-refractivity contribution in [2.75, 3.05) is 29.0 Å². The van der Waals surface area contributed by atoms with Crippen molar-refractivity contribution in [3.63, 3.8) is 0 Å². The summed E-state index contributed by atoms with van der Waals surface area (Å²) in [7, 11) is 0. The molecule has 1 atom stereocenters. The molecular weight excluding hydrogens is 714 g/mol. The highest BCUT2D eigenvalue weighted by atomic mass is 35.5. The molecule has 1 saturated heterocycles. The first kappa shape index (κ1) is 36.6. The maximum Gasteiger partial charge on any atom is 0.458 e. The largest absolute Gasteiger partial charge is 0.458 e. The van der Waals surface area contributed by atoms with E-state index in [9.17, 15) is 45.5 Å². The third-order valence-corrected chi connectivity index (χ3v) is 7.80. The van der Waals surface area contributed by atoms with Crippen LogP contribution >= 0.6 is 11.6 Å². The summed E-state index contributed by atoms with van der Waals surface area (Å²) in [6.45, 7) is 1.10. The number of benzene rings is 1. The lowest BCUT2D eigenvalue weighted by atomic mass is 10.0. The van der Waals surface area contributed by atoms with Crippen molar-refractivity contribution in [3.05, 3.63) is 70.9 Å². The molecule has 6 rings (SSSR count). The summed E-state index contributed by atoms with van der Waals surface area (Å²) in [4.78, 5) is 59.7. The lowest BCUT2D eigenvalue weighted by molar-refractivity contribution is -0.193. The standard InChI is InChI=1S/C26H25ClN10O2.C4F6O2/c27-20-12-29-26-32-19-7-15(10-28-11-19)1-2-17-9-18(31-24(20)34-26)3-4-21(17)33-23(38)8-16-5-6-37(14-16)25(39)22-13-30-36-35-22;5-3(6,7)1(11)2(12)4(8,9)10/h3-4,7,9-13,16H,1-2,5-6,8,14H2,(H,33,38)(H,30,35,36)(H2,29,31,32,34);/t16-;/m0./s1. The Labute approximate surface area is 288 Å². The fourth-order valence-electron chi connectivity index (χ4n) is 5.12. The predicted molar refractivity (Wildman–Crippen MR) is 167 cm³/mol.